The predicted octanol–water partition coefficient (Wildman–Crippen LogP) is 1.77. The maximum Gasteiger partial charge on any atom is 0.255 e. The zero-order valence-corrected chi connectivity index (χ0v) is 10.9. The standard InChI is InChI=1S/C13H17ClN2O2/c14-12-6-10(15)3-4-11(12)13(18)16-5-1-2-9(7-16)8-17/h3-4,6,9,17H,1-2,5,7-8,15H2. The van der Waals surface area contributed by atoms with Gasteiger partial charge in [0.2, 0.25) is 0 Å². The first-order valence-electron chi connectivity index (χ1n) is 6.07. The highest BCUT2D eigenvalue weighted by Gasteiger charge is 2.25. The van der Waals surface area contributed by atoms with Crippen LogP contribution in [0.2, 0.25) is 5.02 Å². The molecule has 0 spiro atoms. The van der Waals surface area contributed by atoms with Crippen molar-refractivity contribution in [3.05, 3.63) is 28.8 Å². The molecule has 1 fully saturated rings. The Morgan fingerprint density at radius 1 is 1.56 bits per heavy atom. The lowest BCUT2D eigenvalue weighted by Gasteiger charge is -2.32. The normalized spacial score (nSPS) is 19.9. The number of nitrogens with zero attached hydrogens (tertiary/aromatic N) is 1. The number of halogens is 1. The van der Waals surface area contributed by atoms with E-state index in [0.717, 1.165) is 19.4 Å². The second-order valence-electron chi connectivity index (χ2n) is 4.68. The topological polar surface area (TPSA) is 66.6 Å². The van der Waals surface area contributed by atoms with Crippen molar-refractivity contribution in [1.29, 1.82) is 0 Å². The predicted molar refractivity (Wildman–Crippen MR) is 71.6 cm³/mol. The van der Waals surface area contributed by atoms with Crippen molar-refractivity contribution < 1.29 is 9.90 Å². The van der Waals surface area contributed by atoms with Gasteiger partial charge >= 0.3 is 0 Å². The number of nitrogens with two attached hydrogens (primary N) is 1. The van der Waals surface area contributed by atoms with Gasteiger partial charge < -0.3 is 15.7 Å². The van der Waals surface area contributed by atoms with Crippen molar-refractivity contribution in [3.8, 4) is 0 Å². The molecular weight excluding hydrogens is 252 g/mol. The van der Waals surface area contributed by atoms with E-state index in [-0.39, 0.29) is 18.4 Å². The number of aliphatic hydroxyl groups excluding tert-OH is 1. The third-order valence-corrected chi connectivity index (χ3v) is 3.60. The molecule has 0 bridgehead atoms. The number of benzene rings is 1. The van der Waals surface area contributed by atoms with Gasteiger partial charge in [-0.1, -0.05) is 11.6 Å². The van der Waals surface area contributed by atoms with E-state index in [4.69, 9.17) is 17.3 Å². The van der Waals surface area contributed by atoms with E-state index in [1.54, 1.807) is 23.1 Å². The molecular formula is C13H17ClN2O2. The highest BCUT2D eigenvalue weighted by Crippen LogP contribution is 2.23. The Morgan fingerprint density at radius 2 is 2.33 bits per heavy atom. The summed E-state index contributed by atoms with van der Waals surface area (Å²) in [4.78, 5) is 14.1. The van der Waals surface area contributed by atoms with Gasteiger partial charge in [0.15, 0.2) is 0 Å². The number of anilines is 1. The molecule has 1 amide bonds. The second-order valence-corrected chi connectivity index (χ2v) is 5.09. The lowest BCUT2D eigenvalue weighted by Crippen LogP contribution is -2.41. The van der Waals surface area contributed by atoms with Crippen molar-refractivity contribution >= 4 is 23.2 Å². The molecule has 98 valence electrons. The molecule has 0 saturated carbocycles. The van der Waals surface area contributed by atoms with Gasteiger partial charge in [0, 0.05) is 25.4 Å². The summed E-state index contributed by atoms with van der Waals surface area (Å²) in [5.41, 5.74) is 6.63. The first-order valence-corrected chi connectivity index (χ1v) is 6.44. The second kappa shape index (κ2) is 5.59. The summed E-state index contributed by atoms with van der Waals surface area (Å²) in [6.45, 7) is 1.44. The summed E-state index contributed by atoms with van der Waals surface area (Å²) >= 11 is 6.04. The van der Waals surface area contributed by atoms with E-state index < -0.39 is 0 Å². The van der Waals surface area contributed by atoms with Crippen molar-refractivity contribution in [1.82, 2.24) is 4.90 Å². The number of nitrogen functional groups attached to an aromatic ring is 1. The minimum Gasteiger partial charge on any atom is -0.399 e. The van der Waals surface area contributed by atoms with Gasteiger partial charge in [0.05, 0.1) is 10.6 Å². The SMILES string of the molecule is Nc1ccc(C(=O)N2CCCC(CO)C2)c(Cl)c1. The minimum atomic E-state index is -0.0850. The number of carbonyl (C=O) groups excluding carboxylic acids is 1. The Kier molecular flexibility index (Phi) is 4.09. The molecule has 5 heteroatoms. The molecule has 18 heavy (non-hydrogen) atoms. The summed E-state index contributed by atoms with van der Waals surface area (Å²) in [7, 11) is 0. The van der Waals surface area contributed by atoms with E-state index >= 15 is 0 Å². The van der Waals surface area contributed by atoms with Crippen LogP contribution in [0.15, 0.2) is 18.2 Å². The Balaban J connectivity index is 2.15. The number of amides is 1. The third kappa shape index (κ3) is 2.76. The molecule has 1 aromatic carbocycles. The van der Waals surface area contributed by atoms with Gasteiger partial charge in [0.1, 0.15) is 0 Å². The van der Waals surface area contributed by atoms with Gasteiger partial charge in [-0.15, -0.1) is 0 Å². The third-order valence-electron chi connectivity index (χ3n) is 3.29. The Labute approximate surface area is 111 Å². The van der Waals surface area contributed by atoms with Crippen LogP contribution >= 0.6 is 11.6 Å². The molecule has 2 rings (SSSR count). The molecule has 1 aliphatic rings. The summed E-state index contributed by atoms with van der Waals surface area (Å²) < 4.78 is 0. The van der Waals surface area contributed by atoms with Gasteiger partial charge in [-0.2, -0.15) is 0 Å². The van der Waals surface area contributed by atoms with Gasteiger partial charge in [-0.05, 0) is 37.0 Å². The van der Waals surface area contributed by atoms with Crippen molar-refractivity contribution in [2.75, 3.05) is 25.4 Å². The van der Waals surface area contributed by atoms with E-state index in [1.165, 1.54) is 0 Å². The molecule has 1 saturated heterocycles. The quantitative estimate of drug-likeness (QED) is 0.804. The molecule has 3 N–H and O–H groups in total. The highest BCUT2D eigenvalue weighted by molar-refractivity contribution is 6.34. The molecule has 0 radical (unpaired) electrons. The molecule has 0 aliphatic carbocycles. The molecule has 1 aromatic rings. The first kappa shape index (κ1) is 13.2. The van der Waals surface area contributed by atoms with Crippen LogP contribution in [0.4, 0.5) is 5.69 Å². The summed E-state index contributed by atoms with van der Waals surface area (Å²) in [6, 6.07) is 4.91. The monoisotopic (exact) mass is 268 g/mol. The number of hydrogen-bond acceptors (Lipinski definition) is 3. The lowest BCUT2D eigenvalue weighted by molar-refractivity contribution is 0.0621. The number of hydrogen-bond donors (Lipinski definition) is 2. The average molecular weight is 269 g/mol. The van der Waals surface area contributed by atoms with Crippen molar-refractivity contribution in [2.24, 2.45) is 5.92 Å². The van der Waals surface area contributed by atoms with Crippen LogP contribution in [0.3, 0.4) is 0 Å². The summed E-state index contributed by atoms with van der Waals surface area (Å²) in [6.07, 6.45) is 1.89. The Bertz CT molecular complexity index is 451. The van der Waals surface area contributed by atoms with Crippen LogP contribution < -0.4 is 5.73 Å². The maximum absolute atomic E-state index is 12.3. The van der Waals surface area contributed by atoms with E-state index in [2.05, 4.69) is 0 Å². The smallest absolute Gasteiger partial charge is 0.255 e. The largest absolute Gasteiger partial charge is 0.399 e. The van der Waals surface area contributed by atoms with Crippen LogP contribution in [0.25, 0.3) is 0 Å². The van der Waals surface area contributed by atoms with Crippen LogP contribution in [0.1, 0.15) is 23.2 Å². The maximum atomic E-state index is 12.3. The molecule has 1 atom stereocenters. The molecule has 1 aliphatic heterocycles. The minimum absolute atomic E-state index is 0.0850. The van der Waals surface area contributed by atoms with Gasteiger partial charge in [0.25, 0.3) is 5.91 Å². The number of rotatable bonds is 2. The van der Waals surface area contributed by atoms with Gasteiger partial charge in [-0.25, -0.2) is 0 Å². The summed E-state index contributed by atoms with van der Waals surface area (Å²) in [5, 5.41) is 9.55. The molecule has 0 aromatic heterocycles. The molecule has 1 unspecified atom stereocenters. The van der Waals surface area contributed by atoms with E-state index in [0.29, 0.717) is 22.8 Å². The summed E-state index contributed by atoms with van der Waals surface area (Å²) in [5.74, 6) is 0.0911. The van der Waals surface area contributed by atoms with E-state index in [1.807, 2.05) is 0 Å². The highest BCUT2D eigenvalue weighted by atomic mass is 35.5. The zero-order valence-electron chi connectivity index (χ0n) is 10.1. The number of carbonyl (C=O) groups is 1. The average Bonchev–Trinajstić information content (AvgIpc) is 2.38. The van der Waals surface area contributed by atoms with Crippen LogP contribution in [-0.4, -0.2) is 35.6 Å². The fraction of sp³-hybridized carbons (Fsp3) is 0.462. The van der Waals surface area contributed by atoms with Crippen molar-refractivity contribution in [3.63, 3.8) is 0 Å². The van der Waals surface area contributed by atoms with Crippen LogP contribution in [-0.2, 0) is 0 Å². The molecule has 4 nitrogen and oxygen atoms in total. The van der Waals surface area contributed by atoms with Crippen LogP contribution in [0.5, 0.6) is 0 Å². The Morgan fingerprint density at radius 3 is 3.00 bits per heavy atom. The number of aliphatic hydroxyl groups is 1. The van der Waals surface area contributed by atoms with Crippen LogP contribution in [0, 0.1) is 5.92 Å². The number of piperidine rings is 1. The fourth-order valence-electron chi connectivity index (χ4n) is 2.27. The zero-order chi connectivity index (χ0) is 13.1. The first-order chi connectivity index (χ1) is 8.61. The van der Waals surface area contributed by atoms with Gasteiger partial charge in [-0.3, -0.25) is 4.79 Å². The number of likely N-dealkylation sites (tertiary alicyclic amines) is 1. The lowest BCUT2D eigenvalue weighted by atomic mass is 9.98. The fourth-order valence-corrected chi connectivity index (χ4v) is 2.54. The van der Waals surface area contributed by atoms with Crippen molar-refractivity contribution in [2.45, 2.75) is 12.8 Å². The van der Waals surface area contributed by atoms with E-state index in [9.17, 15) is 9.90 Å². The molecule has 1 heterocycles. The Hall–Kier alpha value is -1.26.